The first-order valence-electron chi connectivity index (χ1n) is 10.1. The molecule has 1 atom stereocenters. The molecule has 1 unspecified atom stereocenters. The van der Waals surface area contributed by atoms with Crippen molar-refractivity contribution in [3.63, 3.8) is 0 Å². The Bertz CT molecular complexity index is 149. The molecule has 0 aromatic carbocycles. The minimum atomic E-state index is 1.23. The van der Waals surface area contributed by atoms with Gasteiger partial charge in [-0.2, -0.15) is 0 Å². The predicted octanol–water partition coefficient (Wildman–Crippen LogP) is 7.95. The second-order valence-electron chi connectivity index (χ2n) is 6.66. The summed E-state index contributed by atoms with van der Waals surface area (Å²) in [7, 11) is 1.23. The van der Waals surface area contributed by atoms with E-state index in [0.29, 0.717) is 0 Å². The number of unbranched alkanes of at least 4 members (excludes halogenated alkanes) is 15. The molecule has 0 fully saturated rings. The van der Waals surface area contributed by atoms with E-state index in [9.17, 15) is 0 Å². The van der Waals surface area contributed by atoms with Gasteiger partial charge in [0.25, 0.3) is 0 Å². The van der Waals surface area contributed by atoms with Gasteiger partial charge in [-0.1, -0.05) is 110 Å². The van der Waals surface area contributed by atoms with Crippen LogP contribution in [0.15, 0.2) is 0 Å². The molecule has 128 valence electrons. The van der Waals surface area contributed by atoms with Crippen LogP contribution in [0.4, 0.5) is 0 Å². The molecule has 1 heteroatoms. The molecule has 0 amide bonds. The first kappa shape index (κ1) is 21.4. The lowest BCUT2D eigenvalue weighted by Gasteiger charge is -2.03. The van der Waals surface area contributed by atoms with E-state index in [1.165, 1.54) is 124 Å². The van der Waals surface area contributed by atoms with Crippen molar-refractivity contribution in [3.8, 4) is 0 Å². The maximum absolute atomic E-state index is 2.31. The third-order valence-electron chi connectivity index (χ3n) is 4.46. The van der Waals surface area contributed by atoms with Gasteiger partial charge < -0.3 is 0 Å². The van der Waals surface area contributed by atoms with Gasteiger partial charge in [-0.25, -0.2) is 0 Å². The fourth-order valence-corrected chi connectivity index (χ4v) is 3.83. The van der Waals surface area contributed by atoms with E-state index in [1.807, 2.05) is 0 Å². The lowest BCUT2D eigenvalue weighted by molar-refractivity contribution is 0.531. The van der Waals surface area contributed by atoms with Crippen molar-refractivity contribution in [3.05, 3.63) is 0 Å². The van der Waals surface area contributed by atoms with Crippen LogP contribution < -0.4 is 0 Å². The Morgan fingerprint density at radius 2 is 0.762 bits per heavy atom. The highest BCUT2D eigenvalue weighted by atomic mass is 31.1. The Balaban J connectivity index is 2.90. The summed E-state index contributed by atoms with van der Waals surface area (Å²) in [6, 6.07) is 0. The molecule has 0 aliphatic carbocycles. The van der Waals surface area contributed by atoms with Crippen LogP contribution in [0.25, 0.3) is 0 Å². The maximum Gasteiger partial charge on any atom is -0.0354 e. The first-order chi connectivity index (χ1) is 10.4. The zero-order valence-corrected chi connectivity index (χ0v) is 16.2. The summed E-state index contributed by atoms with van der Waals surface area (Å²) in [6.45, 7) is 4.61. The average Bonchev–Trinajstić information content (AvgIpc) is 2.50. The number of rotatable bonds is 18. The summed E-state index contributed by atoms with van der Waals surface area (Å²) >= 11 is 0. The van der Waals surface area contributed by atoms with Gasteiger partial charge in [-0.3, -0.25) is 0 Å². The Morgan fingerprint density at radius 3 is 1.10 bits per heavy atom. The van der Waals surface area contributed by atoms with E-state index in [-0.39, 0.29) is 0 Å². The van der Waals surface area contributed by atoms with Crippen LogP contribution in [-0.2, 0) is 0 Å². The number of hydrogen-bond acceptors (Lipinski definition) is 0. The summed E-state index contributed by atoms with van der Waals surface area (Å²) in [5, 5.41) is 0. The second kappa shape index (κ2) is 20.4. The summed E-state index contributed by atoms with van der Waals surface area (Å²) in [5.41, 5.74) is 0. The Hall–Kier alpha value is 0.430. The highest BCUT2D eigenvalue weighted by molar-refractivity contribution is 7.37. The molecule has 0 heterocycles. The van der Waals surface area contributed by atoms with Crippen LogP contribution in [0.5, 0.6) is 0 Å². The number of hydrogen-bond donors (Lipinski definition) is 0. The van der Waals surface area contributed by atoms with E-state index < -0.39 is 0 Å². The molecular formula is C20H43P. The molecule has 0 aromatic rings. The van der Waals surface area contributed by atoms with E-state index >= 15 is 0 Å². The molecular weight excluding hydrogens is 271 g/mol. The highest BCUT2D eigenvalue weighted by Gasteiger charge is 1.94. The average molecular weight is 315 g/mol. The monoisotopic (exact) mass is 314 g/mol. The van der Waals surface area contributed by atoms with E-state index in [4.69, 9.17) is 0 Å². The van der Waals surface area contributed by atoms with Crippen LogP contribution in [-0.4, -0.2) is 12.3 Å². The van der Waals surface area contributed by atoms with Gasteiger partial charge in [0, 0.05) is 0 Å². The van der Waals surface area contributed by atoms with Crippen LogP contribution in [0, 0.1) is 0 Å². The van der Waals surface area contributed by atoms with Gasteiger partial charge in [0.2, 0.25) is 0 Å². The SMILES string of the molecule is CCCCCCCCCCCCCCCCCCPCC. The molecule has 0 aliphatic rings. The van der Waals surface area contributed by atoms with Gasteiger partial charge in [0.1, 0.15) is 0 Å². The molecule has 0 aromatic heterocycles. The quantitative estimate of drug-likeness (QED) is 0.178. The second-order valence-corrected chi connectivity index (χ2v) is 8.36. The smallest absolute Gasteiger partial charge is 0.0354 e. The van der Waals surface area contributed by atoms with Crippen molar-refractivity contribution in [1.82, 2.24) is 0 Å². The van der Waals surface area contributed by atoms with Crippen molar-refractivity contribution in [2.24, 2.45) is 0 Å². The maximum atomic E-state index is 2.31. The van der Waals surface area contributed by atoms with E-state index in [1.54, 1.807) is 0 Å². The summed E-state index contributed by atoms with van der Waals surface area (Å²) in [5.74, 6) is 0. The van der Waals surface area contributed by atoms with Crippen LogP contribution in [0.1, 0.15) is 117 Å². The molecule has 0 saturated carbocycles. The predicted molar refractivity (Wildman–Crippen MR) is 103 cm³/mol. The molecule has 21 heavy (non-hydrogen) atoms. The molecule has 0 bridgehead atoms. The van der Waals surface area contributed by atoms with Gasteiger partial charge in [0.15, 0.2) is 0 Å². The topological polar surface area (TPSA) is 0 Å². The van der Waals surface area contributed by atoms with Crippen molar-refractivity contribution in [2.75, 3.05) is 12.3 Å². The standard InChI is InChI=1S/C20H43P/c1-3-5-6-7-8-9-10-11-12-13-14-15-16-17-18-19-20-21-4-2/h21H,3-20H2,1-2H3. The summed E-state index contributed by atoms with van der Waals surface area (Å²) in [6.07, 6.45) is 26.6. The highest BCUT2D eigenvalue weighted by Crippen LogP contribution is 2.15. The van der Waals surface area contributed by atoms with Crippen molar-refractivity contribution in [2.45, 2.75) is 117 Å². The van der Waals surface area contributed by atoms with Crippen molar-refractivity contribution < 1.29 is 0 Å². The fraction of sp³-hybridized carbons (Fsp3) is 1.00. The lowest BCUT2D eigenvalue weighted by Crippen LogP contribution is -1.84. The van der Waals surface area contributed by atoms with E-state index in [0.717, 1.165) is 0 Å². The fourth-order valence-electron chi connectivity index (χ4n) is 2.97. The van der Waals surface area contributed by atoms with E-state index in [2.05, 4.69) is 13.8 Å². The summed E-state index contributed by atoms with van der Waals surface area (Å²) in [4.78, 5) is 0. The normalized spacial score (nSPS) is 11.7. The Kier molecular flexibility index (Phi) is 20.8. The van der Waals surface area contributed by atoms with Gasteiger partial charge >= 0.3 is 0 Å². The van der Waals surface area contributed by atoms with Gasteiger partial charge in [-0.15, -0.1) is 8.58 Å². The summed E-state index contributed by atoms with van der Waals surface area (Å²) < 4.78 is 0. The van der Waals surface area contributed by atoms with Crippen molar-refractivity contribution >= 4 is 8.58 Å². The molecule has 0 N–H and O–H groups in total. The van der Waals surface area contributed by atoms with Crippen LogP contribution in [0.3, 0.4) is 0 Å². The molecule has 0 nitrogen and oxygen atoms in total. The lowest BCUT2D eigenvalue weighted by atomic mass is 10.0. The molecule has 0 aliphatic heterocycles. The largest absolute Gasteiger partial charge is 0.122 e. The molecule has 0 rings (SSSR count). The minimum absolute atomic E-state index is 1.23. The minimum Gasteiger partial charge on any atom is -0.122 e. The zero-order valence-electron chi connectivity index (χ0n) is 15.2. The Morgan fingerprint density at radius 1 is 0.429 bits per heavy atom. The third-order valence-corrected chi connectivity index (χ3v) is 5.66. The van der Waals surface area contributed by atoms with Crippen LogP contribution in [0.2, 0.25) is 0 Å². The third kappa shape index (κ3) is 20.4. The van der Waals surface area contributed by atoms with Gasteiger partial charge in [-0.05, 0) is 18.7 Å². The zero-order chi connectivity index (χ0) is 15.4. The molecule has 0 radical (unpaired) electrons. The first-order valence-corrected chi connectivity index (χ1v) is 11.5. The Labute approximate surface area is 138 Å². The molecule has 0 saturated heterocycles. The van der Waals surface area contributed by atoms with Crippen LogP contribution >= 0.6 is 8.58 Å². The molecule has 0 spiro atoms. The van der Waals surface area contributed by atoms with Crippen molar-refractivity contribution in [1.29, 1.82) is 0 Å². The van der Waals surface area contributed by atoms with Gasteiger partial charge in [0.05, 0.1) is 0 Å².